The zero-order chi connectivity index (χ0) is 17.6. The van der Waals surface area contributed by atoms with Crippen LogP contribution in [0.15, 0.2) is 33.9 Å². The van der Waals surface area contributed by atoms with Crippen LogP contribution in [0.4, 0.5) is 5.69 Å². The van der Waals surface area contributed by atoms with E-state index in [1.807, 2.05) is 24.3 Å². The van der Waals surface area contributed by atoms with Crippen LogP contribution >= 0.6 is 11.8 Å². The van der Waals surface area contributed by atoms with E-state index in [1.165, 1.54) is 17.3 Å². The van der Waals surface area contributed by atoms with Crippen molar-refractivity contribution >= 4 is 29.3 Å². The highest BCUT2D eigenvalue weighted by Crippen LogP contribution is 2.19. The molecule has 0 aliphatic carbocycles. The van der Waals surface area contributed by atoms with E-state index in [-0.39, 0.29) is 17.6 Å². The summed E-state index contributed by atoms with van der Waals surface area (Å²) in [5, 5.41) is 11.0. The molecule has 2 heterocycles. The van der Waals surface area contributed by atoms with Crippen LogP contribution in [0, 0.1) is 0 Å². The lowest BCUT2D eigenvalue weighted by Gasteiger charge is -2.11. The molecule has 0 saturated carbocycles. The number of nitrogens with one attached hydrogen (secondary N) is 1. The molecule has 3 rings (SSSR count). The molecule has 1 N–H and O–H groups in total. The molecular formula is C17H20N4O3S. The maximum absolute atomic E-state index is 12.0. The van der Waals surface area contributed by atoms with Gasteiger partial charge in [0, 0.05) is 18.7 Å². The molecule has 1 aromatic heterocycles. The van der Waals surface area contributed by atoms with Crippen LogP contribution in [0.2, 0.25) is 0 Å². The summed E-state index contributed by atoms with van der Waals surface area (Å²) in [6.45, 7) is 3.13. The number of carbonyl (C=O) groups is 2. The second kappa shape index (κ2) is 8.15. The van der Waals surface area contributed by atoms with Gasteiger partial charge in [0.15, 0.2) is 0 Å². The van der Waals surface area contributed by atoms with Crippen molar-refractivity contribution in [2.75, 3.05) is 17.6 Å². The van der Waals surface area contributed by atoms with Gasteiger partial charge in [0.2, 0.25) is 17.7 Å². The van der Waals surface area contributed by atoms with Crippen molar-refractivity contribution in [2.24, 2.45) is 0 Å². The number of hydrogen-bond acceptors (Lipinski definition) is 6. The van der Waals surface area contributed by atoms with E-state index in [1.54, 1.807) is 4.90 Å². The number of likely N-dealkylation sites (tertiary alicyclic amines) is 1. The number of benzene rings is 1. The number of thioether (sulfide) groups is 1. The number of rotatable bonds is 7. The summed E-state index contributed by atoms with van der Waals surface area (Å²) in [6.07, 6.45) is 2.37. The van der Waals surface area contributed by atoms with Crippen molar-refractivity contribution < 1.29 is 14.0 Å². The van der Waals surface area contributed by atoms with Gasteiger partial charge in [-0.05, 0) is 30.5 Å². The third kappa shape index (κ3) is 4.82. The van der Waals surface area contributed by atoms with E-state index in [9.17, 15) is 9.59 Å². The number of hydrogen-bond donors (Lipinski definition) is 1. The molecule has 1 aromatic carbocycles. The predicted octanol–water partition coefficient (Wildman–Crippen LogP) is 2.49. The van der Waals surface area contributed by atoms with Crippen LogP contribution in [0.3, 0.4) is 0 Å². The van der Waals surface area contributed by atoms with Gasteiger partial charge in [-0.3, -0.25) is 9.59 Å². The van der Waals surface area contributed by atoms with Gasteiger partial charge in [-0.1, -0.05) is 30.8 Å². The van der Waals surface area contributed by atoms with Gasteiger partial charge in [-0.2, -0.15) is 0 Å². The molecule has 132 valence electrons. The van der Waals surface area contributed by atoms with E-state index >= 15 is 0 Å². The van der Waals surface area contributed by atoms with Crippen molar-refractivity contribution in [3.8, 4) is 0 Å². The zero-order valence-corrected chi connectivity index (χ0v) is 14.8. The number of anilines is 1. The third-order valence-electron chi connectivity index (χ3n) is 3.89. The molecule has 1 fully saturated rings. The molecule has 8 heteroatoms. The molecular weight excluding hydrogens is 340 g/mol. The minimum atomic E-state index is -0.132. The summed E-state index contributed by atoms with van der Waals surface area (Å²) in [5.41, 5.74) is 1.95. The van der Waals surface area contributed by atoms with Crippen molar-refractivity contribution in [2.45, 2.75) is 38.0 Å². The Labute approximate surface area is 150 Å². The van der Waals surface area contributed by atoms with Gasteiger partial charge in [-0.15, -0.1) is 10.2 Å². The number of carbonyl (C=O) groups excluding carboxylic acids is 2. The van der Waals surface area contributed by atoms with Gasteiger partial charge in [0.05, 0.1) is 12.3 Å². The van der Waals surface area contributed by atoms with E-state index in [2.05, 4.69) is 22.4 Å². The molecule has 0 atom stereocenters. The fourth-order valence-corrected chi connectivity index (χ4v) is 3.17. The Morgan fingerprint density at radius 2 is 2.28 bits per heavy atom. The number of amides is 2. The second-order valence-electron chi connectivity index (χ2n) is 5.77. The van der Waals surface area contributed by atoms with E-state index < -0.39 is 0 Å². The van der Waals surface area contributed by atoms with Crippen LogP contribution in [-0.2, 0) is 22.6 Å². The fourth-order valence-electron chi connectivity index (χ4n) is 2.59. The Kier molecular flexibility index (Phi) is 5.70. The van der Waals surface area contributed by atoms with Gasteiger partial charge < -0.3 is 14.6 Å². The Balaban J connectivity index is 1.48. The second-order valence-corrected chi connectivity index (χ2v) is 6.70. The van der Waals surface area contributed by atoms with Gasteiger partial charge in [0.1, 0.15) is 0 Å². The lowest BCUT2D eigenvalue weighted by Crippen LogP contribution is -2.23. The minimum Gasteiger partial charge on any atom is -0.414 e. The van der Waals surface area contributed by atoms with Crippen LogP contribution in [0.1, 0.15) is 31.2 Å². The summed E-state index contributed by atoms with van der Waals surface area (Å²) in [6, 6.07) is 7.76. The van der Waals surface area contributed by atoms with Crippen LogP contribution in [-0.4, -0.2) is 39.2 Å². The highest BCUT2D eigenvalue weighted by molar-refractivity contribution is 7.99. The lowest BCUT2D eigenvalue weighted by molar-refractivity contribution is -0.128. The van der Waals surface area contributed by atoms with Gasteiger partial charge >= 0.3 is 0 Å². The Bertz CT molecular complexity index is 762. The van der Waals surface area contributed by atoms with E-state index in [0.717, 1.165) is 25.1 Å². The average Bonchev–Trinajstić information content (AvgIpc) is 3.23. The third-order valence-corrected chi connectivity index (χ3v) is 4.71. The molecule has 0 bridgehead atoms. The number of aryl methyl sites for hydroxylation is 1. The molecule has 1 aliphatic rings. The molecule has 0 unspecified atom stereocenters. The summed E-state index contributed by atoms with van der Waals surface area (Å²) < 4.78 is 5.50. The molecule has 7 nitrogen and oxygen atoms in total. The largest absolute Gasteiger partial charge is 0.414 e. The van der Waals surface area contributed by atoms with E-state index in [4.69, 9.17) is 4.42 Å². The first-order valence-corrected chi connectivity index (χ1v) is 9.24. The van der Waals surface area contributed by atoms with Crippen molar-refractivity contribution in [1.82, 2.24) is 15.1 Å². The molecule has 0 radical (unpaired) electrons. The number of nitrogens with zero attached hydrogens (tertiary/aromatic N) is 3. The molecule has 25 heavy (non-hydrogen) atoms. The minimum absolute atomic E-state index is 0.112. The first-order valence-electron chi connectivity index (χ1n) is 8.26. The Hall–Kier alpha value is -2.35. The standard InChI is InChI=1S/C17H20N4O3S/c1-2-12-5-3-6-13(9-12)18-14(22)11-25-17-20-19-15(24-17)10-21-8-4-7-16(21)23/h3,5-6,9H,2,4,7-8,10-11H2,1H3,(H,18,22). The van der Waals surface area contributed by atoms with E-state index in [0.29, 0.717) is 24.1 Å². The first kappa shape index (κ1) is 17.5. The zero-order valence-electron chi connectivity index (χ0n) is 14.0. The number of aromatic nitrogens is 2. The van der Waals surface area contributed by atoms with Crippen molar-refractivity contribution in [3.05, 3.63) is 35.7 Å². The van der Waals surface area contributed by atoms with Crippen LogP contribution < -0.4 is 5.32 Å². The molecule has 0 spiro atoms. The van der Waals surface area contributed by atoms with Crippen LogP contribution in [0.25, 0.3) is 0 Å². The monoisotopic (exact) mass is 360 g/mol. The average molecular weight is 360 g/mol. The maximum atomic E-state index is 12.0. The Morgan fingerprint density at radius 1 is 1.40 bits per heavy atom. The smallest absolute Gasteiger partial charge is 0.277 e. The summed E-state index contributed by atoms with van der Waals surface area (Å²) in [5.74, 6) is 0.559. The van der Waals surface area contributed by atoms with Gasteiger partial charge in [0.25, 0.3) is 5.22 Å². The molecule has 2 amide bonds. The highest BCUT2D eigenvalue weighted by atomic mass is 32.2. The summed E-state index contributed by atoms with van der Waals surface area (Å²) in [4.78, 5) is 25.3. The SMILES string of the molecule is CCc1cccc(NC(=O)CSc2nnc(CN3CCCC3=O)o2)c1. The lowest BCUT2D eigenvalue weighted by atomic mass is 10.1. The Morgan fingerprint density at radius 3 is 3.04 bits per heavy atom. The summed E-state index contributed by atoms with van der Waals surface area (Å²) in [7, 11) is 0. The van der Waals surface area contributed by atoms with Crippen molar-refractivity contribution in [3.63, 3.8) is 0 Å². The van der Waals surface area contributed by atoms with Crippen molar-refractivity contribution in [1.29, 1.82) is 0 Å². The molecule has 2 aromatic rings. The highest BCUT2D eigenvalue weighted by Gasteiger charge is 2.22. The summed E-state index contributed by atoms with van der Waals surface area (Å²) >= 11 is 1.18. The van der Waals surface area contributed by atoms with Crippen LogP contribution in [0.5, 0.6) is 0 Å². The molecule has 1 aliphatic heterocycles. The first-order chi connectivity index (χ1) is 12.1. The predicted molar refractivity (Wildman–Crippen MR) is 94.1 cm³/mol. The normalized spacial score (nSPS) is 14.1. The maximum Gasteiger partial charge on any atom is 0.277 e. The van der Waals surface area contributed by atoms with Gasteiger partial charge in [-0.25, -0.2) is 0 Å². The molecule has 1 saturated heterocycles. The fraction of sp³-hybridized carbons (Fsp3) is 0.412. The topological polar surface area (TPSA) is 88.3 Å². The quantitative estimate of drug-likeness (QED) is 0.763.